The summed E-state index contributed by atoms with van der Waals surface area (Å²) in [6, 6.07) is 38.8. The van der Waals surface area contributed by atoms with Crippen molar-refractivity contribution in [2.24, 2.45) is 0 Å². The van der Waals surface area contributed by atoms with Crippen LogP contribution in [0.4, 0.5) is 0 Å². The van der Waals surface area contributed by atoms with Crippen molar-refractivity contribution < 1.29 is 35.2 Å². The second kappa shape index (κ2) is 27.1. The van der Waals surface area contributed by atoms with Crippen LogP contribution in [0.3, 0.4) is 0 Å². The fourth-order valence-electron chi connectivity index (χ4n) is 3.23. The smallest absolute Gasteiger partial charge is 0.412 e. The third-order valence-corrected chi connectivity index (χ3v) is 18.8. The number of benzene rings is 4. The van der Waals surface area contributed by atoms with E-state index < -0.39 is 11.5 Å². The van der Waals surface area contributed by atoms with Gasteiger partial charge in [-0.15, -0.1) is 0 Å². The first-order chi connectivity index (χ1) is 23.1. The molecule has 0 aliphatic carbocycles. The molecule has 263 valence electrons. The Morgan fingerprint density at radius 3 is 0.959 bits per heavy atom. The summed E-state index contributed by atoms with van der Waals surface area (Å²) >= 11 is 23.6. The fraction of sp³-hybridized carbons (Fsp3) is 0.188. The van der Waals surface area contributed by atoms with Crippen LogP contribution in [-0.4, -0.2) is 34.9 Å². The van der Waals surface area contributed by atoms with Crippen LogP contribution in [0.5, 0.6) is 0 Å². The Balaban J connectivity index is 0.000000383. The first kappa shape index (κ1) is 46.4. The number of rotatable bonds is 15. The Hall–Kier alpha value is -0.601. The molecular formula is C32H36MnN2O4P2S8. The molecule has 0 unspecified atom stereocenters. The zero-order valence-electron chi connectivity index (χ0n) is 26.5. The van der Waals surface area contributed by atoms with E-state index in [4.69, 9.17) is 9.05 Å². The maximum atomic E-state index is 12.9. The Morgan fingerprint density at radius 1 is 0.551 bits per heavy atom. The van der Waals surface area contributed by atoms with Crippen LogP contribution in [0.1, 0.15) is 13.8 Å². The van der Waals surface area contributed by atoms with Crippen LogP contribution in [0.25, 0.3) is 0 Å². The second-order valence-corrected chi connectivity index (χ2v) is 25.2. The van der Waals surface area contributed by atoms with Crippen LogP contribution < -0.4 is 10.6 Å². The van der Waals surface area contributed by atoms with E-state index in [9.17, 15) is 9.13 Å². The minimum absolute atomic E-state index is 0. The van der Waals surface area contributed by atoms with Crippen molar-refractivity contribution in [3.8, 4) is 0 Å². The predicted molar refractivity (Wildman–Crippen MR) is 224 cm³/mol. The van der Waals surface area contributed by atoms with Gasteiger partial charge < -0.3 is 69.4 Å². The predicted octanol–water partition coefficient (Wildman–Crippen LogP) is 11.3. The third-order valence-electron chi connectivity index (χ3n) is 5.08. The van der Waals surface area contributed by atoms with E-state index in [1.807, 2.05) is 135 Å². The van der Waals surface area contributed by atoms with E-state index in [1.165, 1.54) is 45.5 Å². The summed E-state index contributed by atoms with van der Waals surface area (Å²) in [6.45, 7) is 5.94. The van der Waals surface area contributed by atoms with Crippen molar-refractivity contribution in [1.29, 1.82) is 0 Å². The zero-order valence-corrected chi connectivity index (χ0v) is 36.0. The van der Waals surface area contributed by atoms with Crippen LogP contribution in [0.15, 0.2) is 141 Å². The molecule has 0 saturated heterocycles. The standard InChI is InChI=1S/2C14H15O2PS2.C4H8N2S4.Mn/c2*1-2-16-17(15,18-13-9-5-3-6-10-13)19-14-11-7-4-8-12-14;7-3(8)5-1-2-6-4(9)10;/h2*3-12H,2H2,1H3;1-2H2,(H2,5,7,8)(H2,6,9,10);/q;;;+2/p-2. The second-order valence-electron chi connectivity index (χ2n) is 8.78. The van der Waals surface area contributed by atoms with E-state index in [0.717, 1.165) is 19.6 Å². The number of hydrogen-bond donors (Lipinski definition) is 2. The van der Waals surface area contributed by atoms with E-state index in [0.29, 0.717) is 34.9 Å². The molecule has 0 fully saturated rings. The molecule has 0 aromatic heterocycles. The van der Waals surface area contributed by atoms with Gasteiger partial charge in [-0.05, 0) is 108 Å². The molecule has 6 nitrogen and oxygen atoms in total. The SMILES string of the molecule is CCOP(=O)(Sc1ccccc1)Sc1ccccc1.CCOP(=O)(Sc1ccccc1)Sc1ccccc1.S=C([S-])NCCNC(=S)[S-].[Mn+2]. The molecule has 0 saturated carbocycles. The van der Waals surface area contributed by atoms with Crippen molar-refractivity contribution in [3.05, 3.63) is 121 Å². The Morgan fingerprint density at radius 2 is 0.776 bits per heavy atom. The van der Waals surface area contributed by atoms with Gasteiger partial charge in [-0.25, -0.2) is 0 Å². The summed E-state index contributed by atoms with van der Waals surface area (Å²) < 4.78 is 37.5. The molecule has 4 aromatic rings. The van der Waals surface area contributed by atoms with Crippen LogP contribution in [-0.2, 0) is 60.5 Å². The summed E-state index contributed by atoms with van der Waals surface area (Å²) in [5.41, 5.74) is 0. The molecule has 0 amide bonds. The van der Waals surface area contributed by atoms with Crippen LogP contribution in [0, 0.1) is 0 Å². The summed E-state index contributed by atoms with van der Waals surface area (Å²) in [7, 11) is 0. The molecule has 0 heterocycles. The van der Waals surface area contributed by atoms with E-state index >= 15 is 0 Å². The maximum absolute atomic E-state index is 12.9. The average Bonchev–Trinajstić information content (AvgIpc) is 3.05. The average molecular weight is 886 g/mol. The van der Waals surface area contributed by atoms with Crippen molar-refractivity contribution in [2.45, 2.75) is 33.4 Å². The first-order valence-electron chi connectivity index (χ1n) is 14.4. The van der Waals surface area contributed by atoms with E-state index in [2.05, 4.69) is 60.3 Å². The van der Waals surface area contributed by atoms with Crippen molar-refractivity contribution in [1.82, 2.24) is 10.6 Å². The molecule has 49 heavy (non-hydrogen) atoms. The molecule has 2 N–H and O–H groups in total. The van der Waals surface area contributed by atoms with Gasteiger partial charge in [-0.2, -0.15) is 0 Å². The molecule has 17 heteroatoms. The largest absolute Gasteiger partial charge is 2.00 e. The van der Waals surface area contributed by atoms with Crippen molar-refractivity contribution >= 4 is 115 Å². The quantitative estimate of drug-likeness (QED) is 0.0391. The minimum Gasteiger partial charge on any atom is -0.412 e. The molecule has 0 aliphatic rings. The first-order valence-corrected chi connectivity index (χ1v) is 25.0. The van der Waals surface area contributed by atoms with E-state index in [1.54, 1.807) is 0 Å². The van der Waals surface area contributed by atoms with Crippen LogP contribution in [0.2, 0.25) is 0 Å². The number of hydrogen-bond acceptors (Lipinski definition) is 12. The molecule has 4 aromatic carbocycles. The van der Waals surface area contributed by atoms with Gasteiger partial charge in [0.25, 0.3) is 0 Å². The van der Waals surface area contributed by atoms with Crippen molar-refractivity contribution in [3.63, 3.8) is 0 Å². The van der Waals surface area contributed by atoms with Crippen molar-refractivity contribution in [2.75, 3.05) is 26.3 Å². The number of nitrogens with one attached hydrogen (secondary N) is 2. The summed E-state index contributed by atoms with van der Waals surface area (Å²) in [5, 5.41) is 5.56. The summed E-state index contributed by atoms with van der Waals surface area (Å²) in [6.07, 6.45) is 0. The van der Waals surface area contributed by atoms with Gasteiger partial charge in [0.15, 0.2) is 0 Å². The van der Waals surface area contributed by atoms with Gasteiger partial charge in [0.1, 0.15) is 0 Å². The minimum atomic E-state index is -2.83. The Kier molecular flexibility index (Phi) is 25.6. The van der Waals surface area contributed by atoms with Gasteiger partial charge in [0.05, 0.1) is 13.2 Å². The van der Waals surface area contributed by atoms with Gasteiger partial charge >= 0.3 is 28.6 Å². The normalized spacial score (nSPS) is 10.6. The third kappa shape index (κ3) is 22.2. The maximum Gasteiger partial charge on any atom is 2.00 e. The molecule has 0 aliphatic heterocycles. The fourth-order valence-corrected chi connectivity index (χ4v) is 17.2. The molecule has 0 atom stereocenters. The molecule has 4 rings (SSSR count). The van der Waals surface area contributed by atoms with Crippen LogP contribution >= 0.6 is 81.5 Å². The van der Waals surface area contributed by atoms with Gasteiger partial charge in [-0.3, -0.25) is 9.13 Å². The Bertz CT molecular complexity index is 1380. The van der Waals surface area contributed by atoms with Gasteiger partial charge in [0.2, 0.25) is 0 Å². The monoisotopic (exact) mass is 885 g/mol. The molecule has 0 spiro atoms. The Labute approximate surface area is 339 Å². The van der Waals surface area contributed by atoms with Gasteiger partial charge in [-0.1, -0.05) is 81.4 Å². The molecule has 1 radical (unpaired) electrons. The topological polar surface area (TPSA) is 76.7 Å². The zero-order chi connectivity index (χ0) is 35.1. The number of thiocarbonyl (C=S) groups is 2. The van der Waals surface area contributed by atoms with E-state index in [-0.39, 0.29) is 17.1 Å². The van der Waals surface area contributed by atoms with Gasteiger partial charge in [0, 0.05) is 32.7 Å². The summed E-state index contributed by atoms with van der Waals surface area (Å²) in [4.78, 5) is 3.84. The molecule has 0 bridgehead atoms. The summed E-state index contributed by atoms with van der Waals surface area (Å²) in [5.74, 6) is -5.66. The molecular weight excluding hydrogens is 850 g/mol.